The molecule has 0 bridgehead atoms. The van der Waals surface area contributed by atoms with Gasteiger partial charge in [-0.1, -0.05) is 30.3 Å². The first-order chi connectivity index (χ1) is 14.8. The Kier molecular flexibility index (Phi) is 5.43. The maximum absolute atomic E-state index is 9.59. The normalized spacial score (nSPS) is 14.0. The molecule has 5 nitrogen and oxygen atoms in total. The third-order valence-electron chi connectivity index (χ3n) is 5.75. The maximum Gasteiger partial charge on any atom is 0.164 e. The van der Waals surface area contributed by atoms with E-state index in [0.29, 0.717) is 18.8 Å². The van der Waals surface area contributed by atoms with Crippen molar-refractivity contribution in [1.82, 2.24) is 15.0 Å². The molecule has 1 unspecified atom stereocenters. The first-order valence-corrected chi connectivity index (χ1v) is 11.3. The molecule has 0 saturated carbocycles. The topological polar surface area (TPSA) is 70.9 Å². The molecule has 3 heterocycles. The molecule has 1 atom stereocenters. The van der Waals surface area contributed by atoms with E-state index < -0.39 is 0 Å². The number of aliphatic hydroxyl groups excluding tert-OH is 1. The highest BCUT2D eigenvalue weighted by atomic mass is 32.1. The maximum atomic E-state index is 9.59. The zero-order chi connectivity index (χ0) is 20.3. The molecule has 0 saturated heterocycles. The summed E-state index contributed by atoms with van der Waals surface area (Å²) in [5.41, 5.74) is 3.56. The summed E-state index contributed by atoms with van der Waals surface area (Å²) >= 11 is 1.80. The summed E-state index contributed by atoms with van der Waals surface area (Å²) in [6.45, 7) is 0.878. The van der Waals surface area contributed by atoms with Crippen molar-refractivity contribution in [2.75, 3.05) is 18.5 Å². The molecule has 0 spiro atoms. The Hall–Kier alpha value is -2.83. The van der Waals surface area contributed by atoms with Crippen molar-refractivity contribution >= 4 is 27.4 Å². The Balaban J connectivity index is 1.53. The number of nitrogens with zero attached hydrogens (tertiary/aromatic N) is 3. The van der Waals surface area contributed by atoms with Crippen molar-refractivity contribution in [1.29, 1.82) is 0 Å². The number of aryl methyl sites for hydroxylation is 2. The van der Waals surface area contributed by atoms with Crippen molar-refractivity contribution in [2.24, 2.45) is 0 Å². The van der Waals surface area contributed by atoms with Crippen LogP contribution >= 0.6 is 11.3 Å². The summed E-state index contributed by atoms with van der Waals surface area (Å²) in [6.07, 6.45) is 7.72. The Morgan fingerprint density at radius 2 is 1.97 bits per heavy atom. The van der Waals surface area contributed by atoms with Crippen molar-refractivity contribution in [3.63, 3.8) is 0 Å². The number of anilines is 1. The van der Waals surface area contributed by atoms with Crippen LogP contribution in [0.5, 0.6) is 0 Å². The van der Waals surface area contributed by atoms with Crippen LogP contribution in [0.15, 0.2) is 54.9 Å². The number of aromatic nitrogens is 3. The van der Waals surface area contributed by atoms with Gasteiger partial charge in [-0.15, -0.1) is 11.3 Å². The SMILES string of the molecule is OCCC(CNc1nc(-c2cccnc2)nc2sc3c(c12)CCC3)c1ccccc1. The number of thiophene rings is 1. The molecular weight excluding hydrogens is 392 g/mol. The van der Waals surface area contributed by atoms with Crippen LogP contribution in [0.2, 0.25) is 0 Å². The first-order valence-electron chi connectivity index (χ1n) is 10.5. The van der Waals surface area contributed by atoms with Crippen LogP contribution in [-0.2, 0) is 12.8 Å². The second kappa shape index (κ2) is 8.50. The Morgan fingerprint density at radius 3 is 2.77 bits per heavy atom. The quantitative estimate of drug-likeness (QED) is 0.452. The number of aliphatic hydroxyl groups is 1. The summed E-state index contributed by atoms with van der Waals surface area (Å²) in [4.78, 5) is 16.5. The van der Waals surface area contributed by atoms with Gasteiger partial charge in [0.05, 0.1) is 5.39 Å². The number of pyridine rings is 1. The molecule has 0 aliphatic heterocycles. The number of rotatable bonds is 7. The minimum Gasteiger partial charge on any atom is -0.396 e. The van der Waals surface area contributed by atoms with Gasteiger partial charge in [-0.2, -0.15) is 0 Å². The van der Waals surface area contributed by atoms with E-state index in [1.165, 1.54) is 27.8 Å². The monoisotopic (exact) mass is 416 g/mol. The highest BCUT2D eigenvalue weighted by molar-refractivity contribution is 7.19. The average Bonchev–Trinajstić information content (AvgIpc) is 3.38. The third kappa shape index (κ3) is 3.68. The van der Waals surface area contributed by atoms with E-state index >= 15 is 0 Å². The molecule has 6 heteroatoms. The number of hydrogen-bond acceptors (Lipinski definition) is 6. The van der Waals surface area contributed by atoms with Gasteiger partial charge in [0.25, 0.3) is 0 Å². The average molecular weight is 417 g/mol. The fourth-order valence-electron chi connectivity index (χ4n) is 4.24. The molecule has 3 aromatic heterocycles. The van der Waals surface area contributed by atoms with Gasteiger partial charge in [-0.05, 0) is 48.9 Å². The molecule has 0 amide bonds. The second-order valence-electron chi connectivity index (χ2n) is 7.68. The summed E-state index contributed by atoms with van der Waals surface area (Å²) in [5, 5.41) is 14.4. The lowest BCUT2D eigenvalue weighted by molar-refractivity contribution is 0.277. The first kappa shape index (κ1) is 19.2. The van der Waals surface area contributed by atoms with Gasteiger partial charge in [0.15, 0.2) is 5.82 Å². The molecule has 5 rings (SSSR count). The molecule has 0 radical (unpaired) electrons. The molecule has 1 aliphatic carbocycles. The summed E-state index contributed by atoms with van der Waals surface area (Å²) in [5.74, 6) is 1.82. The number of fused-ring (bicyclic) bond motifs is 3. The standard InChI is InChI=1S/C24H24N4OS/c29-13-11-17(16-6-2-1-3-7-16)15-26-23-21-19-9-4-10-20(19)30-24(21)28-22(27-23)18-8-5-12-25-14-18/h1-3,5-8,12,14,17,29H,4,9-11,13,15H2,(H,26,27,28). The van der Waals surface area contributed by atoms with Gasteiger partial charge in [0.2, 0.25) is 0 Å². The zero-order valence-corrected chi connectivity index (χ0v) is 17.5. The van der Waals surface area contributed by atoms with E-state index in [2.05, 4.69) is 34.6 Å². The van der Waals surface area contributed by atoms with Gasteiger partial charge in [-0.3, -0.25) is 4.98 Å². The highest BCUT2D eigenvalue weighted by Crippen LogP contribution is 2.40. The minimum absolute atomic E-state index is 0.162. The largest absolute Gasteiger partial charge is 0.396 e. The van der Waals surface area contributed by atoms with Crippen molar-refractivity contribution in [3.05, 3.63) is 70.9 Å². The molecular formula is C24H24N4OS. The highest BCUT2D eigenvalue weighted by Gasteiger charge is 2.23. The third-order valence-corrected chi connectivity index (χ3v) is 6.93. The summed E-state index contributed by atoms with van der Waals surface area (Å²) in [7, 11) is 0. The predicted octanol–water partition coefficient (Wildman–Crippen LogP) is 4.82. The molecule has 1 aliphatic rings. The van der Waals surface area contributed by atoms with E-state index in [4.69, 9.17) is 9.97 Å². The Bertz CT molecular complexity index is 1140. The molecule has 1 aromatic carbocycles. The Morgan fingerprint density at radius 1 is 1.07 bits per heavy atom. The predicted molar refractivity (Wildman–Crippen MR) is 122 cm³/mol. The van der Waals surface area contributed by atoms with Crippen LogP contribution in [0.4, 0.5) is 5.82 Å². The van der Waals surface area contributed by atoms with Crippen molar-refractivity contribution in [3.8, 4) is 11.4 Å². The number of hydrogen-bond donors (Lipinski definition) is 2. The van der Waals surface area contributed by atoms with E-state index in [-0.39, 0.29) is 12.5 Å². The number of benzene rings is 1. The van der Waals surface area contributed by atoms with E-state index in [1.54, 1.807) is 17.5 Å². The molecule has 4 aromatic rings. The fraction of sp³-hybridized carbons (Fsp3) is 0.292. The van der Waals surface area contributed by atoms with Crippen LogP contribution < -0.4 is 5.32 Å². The van der Waals surface area contributed by atoms with Crippen molar-refractivity contribution < 1.29 is 5.11 Å². The number of nitrogens with one attached hydrogen (secondary N) is 1. The summed E-state index contributed by atoms with van der Waals surface area (Å²) in [6, 6.07) is 14.3. The van der Waals surface area contributed by atoms with Gasteiger partial charge in [-0.25, -0.2) is 9.97 Å². The van der Waals surface area contributed by atoms with Gasteiger partial charge in [0, 0.05) is 41.9 Å². The van der Waals surface area contributed by atoms with Gasteiger partial charge in [0.1, 0.15) is 10.6 Å². The minimum atomic E-state index is 0.162. The van der Waals surface area contributed by atoms with Crippen LogP contribution in [0.1, 0.15) is 34.8 Å². The smallest absolute Gasteiger partial charge is 0.164 e. The molecule has 30 heavy (non-hydrogen) atoms. The lowest BCUT2D eigenvalue weighted by Gasteiger charge is -2.18. The lowest BCUT2D eigenvalue weighted by atomic mass is 9.96. The molecule has 152 valence electrons. The summed E-state index contributed by atoms with van der Waals surface area (Å²) < 4.78 is 0. The lowest BCUT2D eigenvalue weighted by Crippen LogP contribution is -2.15. The second-order valence-corrected chi connectivity index (χ2v) is 8.76. The molecule has 0 fully saturated rings. The van der Waals surface area contributed by atoms with Crippen LogP contribution in [0, 0.1) is 0 Å². The van der Waals surface area contributed by atoms with Gasteiger partial charge >= 0.3 is 0 Å². The van der Waals surface area contributed by atoms with Gasteiger partial charge < -0.3 is 10.4 Å². The van der Waals surface area contributed by atoms with Crippen molar-refractivity contribution in [2.45, 2.75) is 31.6 Å². The van der Waals surface area contributed by atoms with Crippen LogP contribution in [-0.4, -0.2) is 33.2 Å². The van der Waals surface area contributed by atoms with E-state index in [1.807, 2.05) is 24.4 Å². The van der Waals surface area contributed by atoms with Crippen LogP contribution in [0.3, 0.4) is 0 Å². The Labute approximate surface area is 179 Å². The fourth-order valence-corrected chi connectivity index (χ4v) is 5.50. The zero-order valence-electron chi connectivity index (χ0n) is 16.7. The van der Waals surface area contributed by atoms with Crippen LogP contribution in [0.25, 0.3) is 21.6 Å². The van der Waals surface area contributed by atoms with E-state index in [0.717, 1.165) is 29.1 Å². The molecule has 2 N–H and O–H groups in total. The van der Waals surface area contributed by atoms with E-state index in [9.17, 15) is 5.11 Å².